The molecule has 0 saturated carbocycles. The molecule has 126 valence electrons. The molecule has 0 spiro atoms. The summed E-state index contributed by atoms with van der Waals surface area (Å²) in [6.45, 7) is 6.14. The summed E-state index contributed by atoms with van der Waals surface area (Å²) in [7, 11) is 2.15. The maximum absolute atomic E-state index is 12.8. The number of hydrogen-bond acceptors (Lipinski definition) is 3. The first-order valence-electron chi connectivity index (χ1n) is 8.56. The molecule has 1 aromatic rings. The predicted molar refractivity (Wildman–Crippen MR) is 93.8 cm³/mol. The molecule has 2 heterocycles. The Morgan fingerprint density at radius 3 is 2.52 bits per heavy atom. The van der Waals surface area contributed by atoms with E-state index >= 15 is 0 Å². The number of halogens is 1. The molecule has 23 heavy (non-hydrogen) atoms. The van der Waals surface area contributed by atoms with Crippen LogP contribution in [0, 0.1) is 0 Å². The van der Waals surface area contributed by atoms with Gasteiger partial charge in [0.2, 0.25) is 5.91 Å². The Balaban J connectivity index is 1.64. The van der Waals surface area contributed by atoms with Crippen LogP contribution >= 0.6 is 11.6 Å². The highest BCUT2D eigenvalue weighted by Gasteiger charge is 2.30. The van der Waals surface area contributed by atoms with Crippen LogP contribution in [0.25, 0.3) is 0 Å². The van der Waals surface area contributed by atoms with E-state index < -0.39 is 0 Å². The van der Waals surface area contributed by atoms with Gasteiger partial charge in [-0.3, -0.25) is 4.79 Å². The fourth-order valence-electron chi connectivity index (χ4n) is 3.64. The summed E-state index contributed by atoms with van der Waals surface area (Å²) >= 11 is 5.92. The van der Waals surface area contributed by atoms with Crippen LogP contribution in [0.4, 0.5) is 0 Å². The first-order valence-corrected chi connectivity index (χ1v) is 8.94. The van der Waals surface area contributed by atoms with Gasteiger partial charge in [0, 0.05) is 31.2 Å². The van der Waals surface area contributed by atoms with Gasteiger partial charge in [0.25, 0.3) is 0 Å². The van der Waals surface area contributed by atoms with E-state index in [9.17, 15) is 4.79 Å². The van der Waals surface area contributed by atoms with E-state index in [0.717, 1.165) is 31.7 Å². The van der Waals surface area contributed by atoms with Gasteiger partial charge >= 0.3 is 0 Å². The van der Waals surface area contributed by atoms with E-state index in [2.05, 4.69) is 21.7 Å². The Labute approximate surface area is 144 Å². The largest absolute Gasteiger partial charge is 0.336 e. The van der Waals surface area contributed by atoms with Crippen molar-refractivity contribution < 1.29 is 4.79 Å². The molecular formula is C18H26ClN3O. The molecule has 1 aromatic carbocycles. The van der Waals surface area contributed by atoms with Gasteiger partial charge in [-0.2, -0.15) is 0 Å². The lowest BCUT2D eigenvalue weighted by atomic mass is 10.1. The Morgan fingerprint density at radius 1 is 1.13 bits per heavy atom. The summed E-state index contributed by atoms with van der Waals surface area (Å²) in [5, 5.41) is 0.715. The molecule has 1 amide bonds. The number of piperazine rings is 1. The quantitative estimate of drug-likeness (QED) is 0.843. The predicted octanol–water partition coefficient (Wildman–Crippen LogP) is 2.12. The summed E-state index contributed by atoms with van der Waals surface area (Å²) in [5.41, 5.74) is 1.04. The van der Waals surface area contributed by atoms with Crippen LogP contribution in [0.3, 0.4) is 0 Å². The zero-order chi connectivity index (χ0) is 16.2. The van der Waals surface area contributed by atoms with Crippen molar-refractivity contribution in [3.63, 3.8) is 0 Å². The highest BCUT2D eigenvalue weighted by atomic mass is 35.5. The van der Waals surface area contributed by atoms with Crippen molar-refractivity contribution in [2.45, 2.75) is 25.3 Å². The van der Waals surface area contributed by atoms with Gasteiger partial charge in [0.05, 0.1) is 12.5 Å². The number of hydrogen-bond donors (Lipinski definition) is 0. The van der Waals surface area contributed by atoms with Gasteiger partial charge < -0.3 is 14.7 Å². The second-order valence-electron chi connectivity index (χ2n) is 6.81. The SMILES string of the molecule is CN1CCN(C(=O)Cc2ccc(Cl)cc2)C(CN2CCCC2)C1. The van der Waals surface area contributed by atoms with Gasteiger partial charge in [-0.05, 0) is 50.7 Å². The molecule has 2 saturated heterocycles. The van der Waals surface area contributed by atoms with Gasteiger partial charge in [-0.1, -0.05) is 23.7 Å². The molecule has 4 nitrogen and oxygen atoms in total. The smallest absolute Gasteiger partial charge is 0.227 e. The van der Waals surface area contributed by atoms with Gasteiger partial charge in [-0.15, -0.1) is 0 Å². The molecule has 1 unspecified atom stereocenters. The van der Waals surface area contributed by atoms with Crippen molar-refractivity contribution >= 4 is 17.5 Å². The van der Waals surface area contributed by atoms with Crippen LogP contribution in [-0.4, -0.2) is 73.0 Å². The zero-order valence-electron chi connectivity index (χ0n) is 13.9. The van der Waals surface area contributed by atoms with Crippen LogP contribution in [0.5, 0.6) is 0 Å². The first-order chi connectivity index (χ1) is 11.1. The van der Waals surface area contributed by atoms with Gasteiger partial charge in [0.1, 0.15) is 0 Å². The minimum absolute atomic E-state index is 0.240. The molecule has 2 aliphatic heterocycles. The summed E-state index contributed by atoms with van der Waals surface area (Å²) in [6.07, 6.45) is 3.06. The van der Waals surface area contributed by atoms with E-state index in [1.54, 1.807) is 0 Å². The second kappa shape index (κ2) is 7.65. The van der Waals surface area contributed by atoms with Crippen LogP contribution in [0.2, 0.25) is 5.02 Å². The summed E-state index contributed by atoms with van der Waals surface area (Å²) < 4.78 is 0. The van der Waals surface area contributed by atoms with Gasteiger partial charge in [-0.25, -0.2) is 0 Å². The van der Waals surface area contributed by atoms with Crippen LogP contribution in [0.1, 0.15) is 18.4 Å². The third kappa shape index (κ3) is 4.46. The molecule has 0 radical (unpaired) electrons. The molecular weight excluding hydrogens is 310 g/mol. The van der Waals surface area contributed by atoms with Crippen molar-refractivity contribution in [1.82, 2.24) is 14.7 Å². The van der Waals surface area contributed by atoms with Crippen molar-refractivity contribution in [2.75, 3.05) is 46.3 Å². The standard InChI is InChI=1S/C18H26ClN3O/c1-20-10-11-22(17(13-20)14-21-8-2-3-9-21)18(23)12-15-4-6-16(19)7-5-15/h4-7,17H,2-3,8-14H2,1H3. The Hall–Kier alpha value is -1.10. The molecule has 1 atom stereocenters. The maximum atomic E-state index is 12.8. The molecule has 3 rings (SSSR count). The zero-order valence-corrected chi connectivity index (χ0v) is 14.6. The molecule has 2 fully saturated rings. The first kappa shape index (κ1) is 16.7. The van der Waals surface area contributed by atoms with E-state index in [1.165, 1.54) is 25.9 Å². The highest BCUT2D eigenvalue weighted by molar-refractivity contribution is 6.30. The molecule has 0 N–H and O–H groups in total. The van der Waals surface area contributed by atoms with Crippen molar-refractivity contribution in [2.24, 2.45) is 0 Å². The number of benzene rings is 1. The fraction of sp³-hybridized carbons (Fsp3) is 0.611. The van der Waals surface area contributed by atoms with Crippen molar-refractivity contribution in [3.05, 3.63) is 34.9 Å². The van der Waals surface area contributed by atoms with E-state index in [0.29, 0.717) is 17.5 Å². The fourth-order valence-corrected chi connectivity index (χ4v) is 3.76. The molecule has 0 aliphatic carbocycles. The Kier molecular flexibility index (Phi) is 5.57. The van der Waals surface area contributed by atoms with E-state index in [-0.39, 0.29) is 5.91 Å². The second-order valence-corrected chi connectivity index (χ2v) is 7.25. The third-order valence-electron chi connectivity index (χ3n) is 4.94. The van der Waals surface area contributed by atoms with Gasteiger partial charge in [0.15, 0.2) is 0 Å². The molecule has 0 aromatic heterocycles. The van der Waals surface area contributed by atoms with Crippen molar-refractivity contribution in [3.8, 4) is 0 Å². The minimum Gasteiger partial charge on any atom is -0.336 e. The number of nitrogens with zero attached hydrogens (tertiary/aromatic N) is 3. The lowest BCUT2D eigenvalue weighted by Gasteiger charge is -2.41. The normalized spacial score (nSPS) is 23.4. The Morgan fingerprint density at radius 2 is 1.83 bits per heavy atom. The maximum Gasteiger partial charge on any atom is 0.227 e. The number of carbonyl (C=O) groups is 1. The number of carbonyl (C=O) groups excluding carboxylic acids is 1. The number of likely N-dealkylation sites (N-methyl/N-ethyl adjacent to an activating group) is 1. The summed E-state index contributed by atoms with van der Waals surface area (Å²) in [5.74, 6) is 0.240. The van der Waals surface area contributed by atoms with Crippen LogP contribution in [-0.2, 0) is 11.2 Å². The van der Waals surface area contributed by atoms with E-state index in [4.69, 9.17) is 11.6 Å². The molecule has 0 bridgehead atoms. The summed E-state index contributed by atoms with van der Waals surface area (Å²) in [6, 6.07) is 7.93. The number of rotatable bonds is 4. The van der Waals surface area contributed by atoms with Crippen LogP contribution in [0.15, 0.2) is 24.3 Å². The Bertz CT molecular complexity index is 528. The minimum atomic E-state index is 0.240. The summed E-state index contributed by atoms with van der Waals surface area (Å²) in [4.78, 5) is 19.7. The monoisotopic (exact) mass is 335 g/mol. The number of likely N-dealkylation sites (tertiary alicyclic amines) is 1. The van der Waals surface area contributed by atoms with Crippen LogP contribution < -0.4 is 0 Å². The lowest BCUT2D eigenvalue weighted by Crippen LogP contribution is -2.58. The topological polar surface area (TPSA) is 26.8 Å². The molecule has 2 aliphatic rings. The van der Waals surface area contributed by atoms with Crippen molar-refractivity contribution in [1.29, 1.82) is 0 Å². The highest BCUT2D eigenvalue weighted by Crippen LogP contribution is 2.17. The third-order valence-corrected chi connectivity index (χ3v) is 5.19. The number of amides is 1. The lowest BCUT2D eigenvalue weighted by molar-refractivity contribution is -0.135. The molecule has 5 heteroatoms. The average molecular weight is 336 g/mol. The van der Waals surface area contributed by atoms with E-state index in [1.807, 2.05) is 24.3 Å². The average Bonchev–Trinajstić information content (AvgIpc) is 3.02.